The predicted molar refractivity (Wildman–Crippen MR) is 145 cm³/mol. The molecule has 0 bridgehead atoms. The molecule has 0 spiro atoms. The van der Waals surface area contributed by atoms with Crippen molar-refractivity contribution in [3.8, 4) is 11.1 Å². The van der Waals surface area contributed by atoms with Crippen molar-refractivity contribution in [2.75, 3.05) is 23.9 Å². The van der Waals surface area contributed by atoms with Gasteiger partial charge in [0.1, 0.15) is 5.82 Å². The van der Waals surface area contributed by atoms with E-state index in [1.54, 1.807) is 6.08 Å². The van der Waals surface area contributed by atoms with Gasteiger partial charge in [-0.25, -0.2) is 9.78 Å². The van der Waals surface area contributed by atoms with E-state index in [0.29, 0.717) is 6.54 Å². The van der Waals surface area contributed by atoms with Gasteiger partial charge in [0, 0.05) is 43.5 Å². The summed E-state index contributed by atoms with van der Waals surface area (Å²) in [5.41, 5.74) is 4.68. The molecule has 1 aromatic heterocycles. The van der Waals surface area contributed by atoms with Crippen molar-refractivity contribution < 1.29 is 14.7 Å². The minimum absolute atomic E-state index is 0.0255. The highest BCUT2D eigenvalue weighted by Gasteiger charge is 2.27. The van der Waals surface area contributed by atoms with E-state index in [9.17, 15) is 9.59 Å². The Morgan fingerprint density at radius 3 is 2.33 bits per heavy atom. The zero-order chi connectivity index (χ0) is 25.5. The lowest BCUT2D eigenvalue weighted by molar-refractivity contribution is -0.131. The molecule has 0 radical (unpaired) electrons. The van der Waals surface area contributed by atoms with E-state index in [-0.39, 0.29) is 11.8 Å². The van der Waals surface area contributed by atoms with Crippen LogP contribution in [0, 0.1) is 5.92 Å². The molecule has 0 unspecified atom stereocenters. The second kappa shape index (κ2) is 11.7. The maximum absolute atomic E-state index is 13.7. The first-order chi connectivity index (χ1) is 17.4. The van der Waals surface area contributed by atoms with Crippen molar-refractivity contribution in [3.05, 3.63) is 84.1 Å². The van der Waals surface area contributed by atoms with E-state index >= 15 is 0 Å². The molecule has 0 atom stereocenters. The molecule has 1 aliphatic rings. The van der Waals surface area contributed by atoms with E-state index in [4.69, 9.17) is 5.11 Å². The Morgan fingerprint density at radius 1 is 0.972 bits per heavy atom. The van der Waals surface area contributed by atoms with Gasteiger partial charge in [0.25, 0.3) is 0 Å². The van der Waals surface area contributed by atoms with Crippen LogP contribution in [0.4, 0.5) is 11.5 Å². The number of hydrogen-bond acceptors (Lipinski definition) is 4. The first kappa shape index (κ1) is 25.2. The first-order valence-electron chi connectivity index (χ1n) is 12.5. The Balaban J connectivity index is 1.58. The van der Waals surface area contributed by atoms with Crippen molar-refractivity contribution in [3.63, 3.8) is 0 Å². The maximum Gasteiger partial charge on any atom is 0.328 e. The molecule has 1 fully saturated rings. The Morgan fingerprint density at radius 2 is 1.69 bits per heavy atom. The number of carbonyl (C=O) groups is 2. The van der Waals surface area contributed by atoms with Gasteiger partial charge in [-0.1, -0.05) is 55.7 Å². The lowest BCUT2D eigenvalue weighted by Gasteiger charge is -2.30. The lowest BCUT2D eigenvalue weighted by atomic mass is 9.88. The summed E-state index contributed by atoms with van der Waals surface area (Å²) >= 11 is 0. The molecule has 2 aromatic carbocycles. The molecule has 3 aromatic rings. The molecule has 36 heavy (non-hydrogen) atoms. The monoisotopic (exact) mass is 483 g/mol. The Bertz CT molecular complexity index is 1210. The summed E-state index contributed by atoms with van der Waals surface area (Å²) in [4.78, 5) is 33.0. The van der Waals surface area contributed by atoms with Crippen LogP contribution in [0.2, 0.25) is 0 Å². The fraction of sp³-hybridized carbons (Fsp3) is 0.300. The van der Waals surface area contributed by atoms with Crippen molar-refractivity contribution in [1.82, 2.24) is 4.98 Å². The number of carboxylic acid groups (broad SMARTS) is 1. The summed E-state index contributed by atoms with van der Waals surface area (Å²) in [6.45, 7) is 0.458. The highest BCUT2D eigenvalue weighted by Crippen LogP contribution is 2.30. The number of amides is 1. The number of benzene rings is 2. The molecule has 6 heteroatoms. The van der Waals surface area contributed by atoms with Crippen LogP contribution in [-0.2, 0) is 16.1 Å². The van der Waals surface area contributed by atoms with Gasteiger partial charge in [-0.2, -0.15) is 0 Å². The third-order valence-corrected chi connectivity index (χ3v) is 6.65. The molecular formula is C30H33N3O3. The first-order valence-corrected chi connectivity index (χ1v) is 12.5. The van der Waals surface area contributed by atoms with Crippen LogP contribution >= 0.6 is 0 Å². The number of hydrogen-bond donors (Lipinski definition) is 1. The summed E-state index contributed by atoms with van der Waals surface area (Å²) in [5.74, 6) is 0.0778. The summed E-state index contributed by atoms with van der Waals surface area (Å²) in [7, 11) is 3.94. The van der Waals surface area contributed by atoms with Crippen molar-refractivity contribution >= 4 is 29.5 Å². The highest BCUT2D eigenvalue weighted by molar-refractivity contribution is 5.95. The van der Waals surface area contributed by atoms with E-state index in [0.717, 1.165) is 65.5 Å². The van der Waals surface area contributed by atoms with Gasteiger partial charge >= 0.3 is 5.97 Å². The largest absolute Gasteiger partial charge is 0.478 e. The van der Waals surface area contributed by atoms with E-state index in [1.807, 2.05) is 60.4 Å². The zero-order valence-electron chi connectivity index (χ0n) is 20.9. The van der Waals surface area contributed by atoms with Crippen LogP contribution < -0.4 is 9.80 Å². The lowest BCUT2D eigenvalue weighted by Crippen LogP contribution is -2.36. The zero-order valence-corrected chi connectivity index (χ0v) is 20.9. The van der Waals surface area contributed by atoms with Gasteiger partial charge in [0.05, 0.1) is 6.54 Å². The Kier molecular flexibility index (Phi) is 8.16. The van der Waals surface area contributed by atoms with E-state index in [2.05, 4.69) is 35.3 Å². The maximum atomic E-state index is 13.7. The Labute approximate surface area is 212 Å². The summed E-state index contributed by atoms with van der Waals surface area (Å²) in [6.07, 6.45) is 9.74. The van der Waals surface area contributed by atoms with Gasteiger partial charge in [0.2, 0.25) is 5.91 Å². The van der Waals surface area contributed by atoms with Crippen molar-refractivity contribution in [2.24, 2.45) is 5.92 Å². The molecule has 1 amide bonds. The second-order valence-electron chi connectivity index (χ2n) is 9.52. The van der Waals surface area contributed by atoms with Gasteiger partial charge in [-0.15, -0.1) is 0 Å². The van der Waals surface area contributed by atoms with E-state index in [1.165, 1.54) is 6.42 Å². The van der Waals surface area contributed by atoms with Crippen LogP contribution in [0.1, 0.15) is 43.2 Å². The number of rotatable bonds is 8. The summed E-state index contributed by atoms with van der Waals surface area (Å²) in [5, 5.41) is 8.99. The average molecular weight is 484 g/mol. The molecule has 6 nitrogen and oxygen atoms in total. The third kappa shape index (κ3) is 6.39. The number of pyridine rings is 1. The van der Waals surface area contributed by atoms with Crippen molar-refractivity contribution in [1.29, 1.82) is 0 Å². The van der Waals surface area contributed by atoms with Crippen LogP contribution in [0.15, 0.2) is 72.9 Å². The van der Waals surface area contributed by atoms with Crippen LogP contribution in [0.25, 0.3) is 17.2 Å². The predicted octanol–water partition coefficient (Wildman–Crippen LogP) is 6.03. The molecule has 0 saturated heterocycles. The average Bonchev–Trinajstić information content (AvgIpc) is 2.91. The molecule has 4 rings (SSSR count). The molecule has 1 heterocycles. The number of carbonyl (C=O) groups excluding carboxylic acids is 1. The Hall–Kier alpha value is -3.93. The molecule has 1 saturated carbocycles. The number of anilines is 2. The minimum atomic E-state index is -0.998. The van der Waals surface area contributed by atoms with Crippen LogP contribution in [-0.4, -0.2) is 36.1 Å². The van der Waals surface area contributed by atoms with Gasteiger partial charge in [-0.3, -0.25) is 4.79 Å². The molecular weight excluding hydrogens is 450 g/mol. The number of carboxylic acids is 1. The highest BCUT2D eigenvalue weighted by atomic mass is 16.4. The summed E-state index contributed by atoms with van der Waals surface area (Å²) in [6, 6.07) is 19.8. The summed E-state index contributed by atoms with van der Waals surface area (Å²) < 4.78 is 0. The van der Waals surface area contributed by atoms with Crippen LogP contribution in [0.5, 0.6) is 0 Å². The molecule has 186 valence electrons. The van der Waals surface area contributed by atoms with Gasteiger partial charge in [-0.05, 0) is 59.9 Å². The molecule has 1 aliphatic carbocycles. The topological polar surface area (TPSA) is 73.7 Å². The standard InChI is InChI=1S/C30H33N3O3/c1-32(2)28-17-16-26(20-31-28)24-14-11-23(12-15-24)21-33(30(36)25-8-4-3-5-9-25)27-10-6-7-22(19-27)13-18-29(34)35/h6-7,10-20,25H,3-5,8-9,21H2,1-2H3,(H,34,35). The number of aliphatic carboxylic acids is 1. The van der Waals surface area contributed by atoms with E-state index < -0.39 is 5.97 Å². The van der Waals surface area contributed by atoms with Crippen LogP contribution in [0.3, 0.4) is 0 Å². The SMILES string of the molecule is CN(C)c1ccc(-c2ccc(CN(C(=O)C3CCCCC3)c3cccc(C=CC(=O)O)c3)cc2)cn1. The second-order valence-corrected chi connectivity index (χ2v) is 9.52. The van der Waals surface area contributed by atoms with Crippen molar-refractivity contribution in [2.45, 2.75) is 38.6 Å². The molecule has 1 N–H and O–H groups in total. The fourth-order valence-corrected chi connectivity index (χ4v) is 4.64. The third-order valence-electron chi connectivity index (χ3n) is 6.65. The van der Waals surface area contributed by atoms with Gasteiger partial charge < -0.3 is 14.9 Å². The smallest absolute Gasteiger partial charge is 0.328 e. The minimum Gasteiger partial charge on any atom is -0.478 e. The van der Waals surface area contributed by atoms with Gasteiger partial charge in [0.15, 0.2) is 0 Å². The number of nitrogens with zero attached hydrogens (tertiary/aromatic N) is 3. The number of aromatic nitrogens is 1. The normalized spacial score (nSPS) is 14.1. The fourth-order valence-electron chi connectivity index (χ4n) is 4.64. The quantitative estimate of drug-likeness (QED) is 0.396. The molecule has 0 aliphatic heterocycles.